The first kappa shape index (κ1) is 21.6. The van der Waals surface area contributed by atoms with E-state index in [0.29, 0.717) is 6.54 Å². The molecule has 156 valence electrons. The number of carboxylic acids is 1. The number of hydrogen-bond donors (Lipinski definition) is 1. The van der Waals surface area contributed by atoms with Crippen LogP contribution >= 0.6 is 12.4 Å². The second-order valence-corrected chi connectivity index (χ2v) is 8.27. The molecule has 1 aromatic carbocycles. The van der Waals surface area contributed by atoms with Crippen molar-refractivity contribution in [3.63, 3.8) is 0 Å². The largest absolute Gasteiger partial charge is 0.481 e. The molecule has 2 heterocycles. The Kier molecular flexibility index (Phi) is 6.49. The fraction of sp³-hybridized carbons (Fsp3) is 0.478. The topological polar surface area (TPSA) is 62.7 Å². The number of fused-ring (bicyclic) bond motifs is 2. The van der Waals surface area contributed by atoms with E-state index in [0.717, 1.165) is 61.4 Å². The highest BCUT2D eigenvalue weighted by atomic mass is 35.5. The third-order valence-corrected chi connectivity index (χ3v) is 6.40. The molecule has 0 radical (unpaired) electrons. The number of ether oxygens (including phenoxy) is 1. The van der Waals surface area contributed by atoms with Crippen molar-refractivity contribution in [2.45, 2.75) is 51.4 Å². The van der Waals surface area contributed by atoms with E-state index in [4.69, 9.17) is 14.8 Å². The number of nitrogens with zero attached hydrogens (tertiary/aromatic N) is 2. The Morgan fingerprint density at radius 1 is 1.21 bits per heavy atom. The van der Waals surface area contributed by atoms with Crippen molar-refractivity contribution in [2.75, 3.05) is 19.6 Å². The van der Waals surface area contributed by atoms with E-state index < -0.39 is 5.97 Å². The van der Waals surface area contributed by atoms with E-state index in [2.05, 4.69) is 36.9 Å². The quantitative estimate of drug-likeness (QED) is 0.767. The van der Waals surface area contributed by atoms with Gasteiger partial charge in [-0.05, 0) is 75.4 Å². The van der Waals surface area contributed by atoms with Crippen LogP contribution in [0.3, 0.4) is 0 Å². The number of likely N-dealkylation sites (tertiary alicyclic amines) is 1. The summed E-state index contributed by atoms with van der Waals surface area (Å²) in [7, 11) is 0. The van der Waals surface area contributed by atoms with Crippen LogP contribution in [0.4, 0.5) is 0 Å². The van der Waals surface area contributed by atoms with Crippen LogP contribution in [-0.4, -0.2) is 40.6 Å². The Balaban J connectivity index is 0.00000240. The molecule has 1 N–H and O–H groups in total. The minimum absolute atomic E-state index is 0. The first-order chi connectivity index (χ1) is 13.5. The van der Waals surface area contributed by atoms with E-state index in [1.54, 1.807) is 0 Å². The smallest absolute Gasteiger partial charge is 0.304 e. The van der Waals surface area contributed by atoms with Crippen LogP contribution in [0, 0.1) is 13.8 Å². The molecular weight excluding hydrogens is 388 g/mol. The third kappa shape index (κ3) is 4.41. The SMILES string of the molecule is Cc1cccc(C)c1Oc1cnc2c(c1)CCC21CCN(CCC(=O)O)CC1.Cl. The number of aromatic nitrogens is 1. The summed E-state index contributed by atoms with van der Waals surface area (Å²) >= 11 is 0. The van der Waals surface area contributed by atoms with Crippen LogP contribution in [-0.2, 0) is 16.6 Å². The van der Waals surface area contributed by atoms with E-state index in [9.17, 15) is 4.79 Å². The summed E-state index contributed by atoms with van der Waals surface area (Å²) in [5.74, 6) is 1.01. The number of aryl methyl sites for hydroxylation is 3. The van der Waals surface area contributed by atoms with Crippen LogP contribution in [0.2, 0.25) is 0 Å². The lowest BCUT2D eigenvalue weighted by Crippen LogP contribution is -2.42. The molecule has 1 aliphatic carbocycles. The van der Waals surface area contributed by atoms with Crippen molar-refractivity contribution >= 4 is 18.4 Å². The second-order valence-electron chi connectivity index (χ2n) is 8.27. The van der Waals surface area contributed by atoms with E-state index in [1.165, 1.54) is 11.3 Å². The van der Waals surface area contributed by atoms with Crippen molar-refractivity contribution in [3.05, 3.63) is 52.8 Å². The number of benzene rings is 1. The highest BCUT2D eigenvalue weighted by Gasteiger charge is 2.42. The van der Waals surface area contributed by atoms with Gasteiger partial charge in [0.2, 0.25) is 0 Å². The van der Waals surface area contributed by atoms with Crippen LogP contribution in [0.1, 0.15) is 48.1 Å². The maximum absolute atomic E-state index is 10.8. The molecule has 1 aliphatic heterocycles. The number of rotatable bonds is 5. The average molecular weight is 417 g/mol. The number of pyridine rings is 1. The fourth-order valence-electron chi connectivity index (χ4n) is 4.73. The van der Waals surface area contributed by atoms with Crippen molar-refractivity contribution in [3.8, 4) is 11.5 Å². The lowest BCUT2D eigenvalue weighted by Gasteiger charge is -2.39. The molecule has 0 atom stereocenters. The van der Waals surface area contributed by atoms with E-state index >= 15 is 0 Å². The Bertz CT molecular complexity index is 871. The summed E-state index contributed by atoms with van der Waals surface area (Å²) in [6.45, 7) is 6.69. The number of aliphatic carboxylic acids is 1. The first-order valence-corrected chi connectivity index (χ1v) is 10.1. The molecule has 1 fully saturated rings. The van der Waals surface area contributed by atoms with Crippen LogP contribution in [0.15, 0.2) is 30.5 Å². The van der Waals surface area contributed by atoms with Gasteiger partial charge in [0.05, 0.1) is 18.3 Å². The number of carboxylic acid groups (broad SMARTS) is 1. The average Bonchev–Trinajstić information content (AvgIpc) is 3.02. The van der Waals surface area contributed by atoms with Gasteiger partial charge in [0.25, 0.3) is 0 Å². The monoisotopic (exact) mass is 416 g/mol. The predicted octanol–water partition coefficient (Wildman–Crippen LogP) is 4.67. The summed E-state index contributed by atoms with van der Waals surface area (Å²) in [5.41, 5.74) is 4.96. The number of para-hydroxylation sites is 1. The third-order valence-electron chi connectivity index (χ3n) is 6.40. The van der Waals surface area contributed by atoms with Crippen LogP contribution in [0.5, 0.6) is 11.5 Å². The van der Waals surface area contributed by atoms with Gasteiger partial charge < -0.3 is 14.7 Å². The summed E-state index contributed by atoms with van der Waals surface area (Å²) < 4.78 is 6.19. The normalized spacial score (nSPS) is 17.6. The van der Waals surface area contributed by atoms with Crippen LogP contribution < -0.4 is 4.74 Å². The maximum atomic E-state index is 10.8. The number of hydrogen-bond acceptors (Lipinski definition) is 4. The highest BCUT2D eigenvalue weighted by Crippen LogP contribution is 2.46. The molecule has 6 heteroatoms. The zero-order chi connectivity index (χ0) is 19.7. The van der Waals surface area contributed by atoms with Gasteiger partial charge in [-0.1, -0.05) is 18.2 Å². The molecule has 2 aromatic rings. The molecule has 5 nitrogen and oxygen atoms in total. The lowest BCUT2D eigenvalue weighted by atomic mass is 9.76. The van der Waals surface area contributed by atoms with Gasteiger partial charge in [0.15, 0.2) is 0 Å². The highest BCUT2D eigenvalue weighted by molar-refractivity contribution is 5.85. The molecule has 0 bridgehead atoms. The molecule has 0 unspecified atom stereocenters. The molecule has 1 spiro atoms. The number of piperidine rings is 1. The van der Waals surface area contributed by atoms with Gasteiger partial charge in [-0.15, -0.1) is 12.4 Å². The number of halogens is 1. The van der Waals surface area contributed by atoms with Crippen LogP contribution in [0.25, 0.3) is 0 Å². The number of carbonyl (C=O) groups is 1. The molecule has 0 saturated carbocycles. The Morgan fingerprint density at radius 2 is 1.90 bits per heavy atom. The summed E-state index contributed by atoms with van der Waals surface area (Å²) in [5, 5.41) is 8.90. The van der Waals surface area contributed by atoms with Crippen molar-refractivity contribution in [1.82, 2.24) is 9.88 Å². The summed E-state index contributed by atoms with van der Waals surface area (Å²) in [4.78, 5) is 17.9. The second kappa shape index (κ2) is 8.72. The standard InChI is InChI=1S/C23H28N2O3.ClH/c1-16-4-3-5-17(2)21(16)28-19-14-18-6-8-23(22(18)24-15-19)9-12-25(13-10-23)11-7-20(26)27;/h3-5,14-15H,6-13H2,1-2H3,(H,26,27);1H. The summed E-state index contributed by atoms with van der Waals surface area (Å²) in [6.07, 6.45) is 6.39. The molecular formula is C23H29ClN2O3. The first-order valence-electron chi connectivity index (χ1n) is 10.1. The van der Waals surface area contributed by atoms with Gasteiger partial charge in [-0.2, -0.15) is 0 Å². The van der Waals surface area contributed by atoms with Gasteiger partial charge >= 0.3 is 5.97 Å². The molecule has 2 aliphatic rings. The Hall–Kier alpha value is -2.11. The predicted molar refractivity (Wildman–Crippen MR) is 115 cm³/mol. The Labute approximate surface area is 178 Å². The van der Waals surface area contributed by atoms with Gasteiger partial charge in [-0.3, -0.25) is 9.78 Å². The Morgan fingerprint density at radius 3 is 2.55 bits per heavy atom. The zero-order valence-electron chi connectivity index (χ0n) is 17.1. The zero-order valence-corrected chi connectivity index (χ0v) is 17.9. The maximum Gasteiger partial charge on any atom is 0.304 e. The summed E-state index contributed by atoms with van der Waals surface area (Å²) in [6, 6.07) is 8.34. The minimum atomic E-state index is -0.718. The van der Waals surface area contributed by atoms with E-state index in [-0.39, 0.29) is 24.2 Å². The molecule has 29 heavy (non-hydrogen) atoms. The molecule has 0 amide bonds. The van der Waals surface area contributed by atoms with Gasteiger partial charge in [-0.25, -0.2) is 0 Å². The molecule has 4 rings (SSSR count). The van der Waals surface area contributed by atoms with Gasteiger partial charge in [0.1, 0.15) is 11.5 Å². The van der Waals surface area contributed by atoms with Crippen molar-refractivity contribution in [2.24, 2.45) is 0 Å². The molecule has 1 aromatic heterocycles. The van der Waals surface area contributed by atoms with Crippen molar-refractivity contribution < 1.29 is 14.6 Å². The van der Waals surface area contributed by atoms with E-state index in [1.807, 2.05) is 12.3 Å². The fourth-order valence-corrected chi connectivity index (χ4v) is 4.73. The molecule has 1 saturated heterocycles. The van der Waals surface area contributed by atoms with Gasteiger partial charge in [0, 0.05) is 12.0 Å². The lowest BCUT2D eigenvalue weighted by molar-refractivity contribution is -0.137. The minimum Gasteiger partial charge on any atom is -0.481 e. The van der Waals surface area contributed by atoms with Crippen molar-refractivity contribution in [1.29, 1.82) is 0 Å².